The lowest BCUT2D eigenvalue weighted by Gasteiger charge is -2.05. The summed E-state index contributed by atoms with van der Waals surface area (Å²) in [7, 11) is 0. The SMILES string of the molecule is O=C(CNc1ccc(F)cc1)N/N=C\c1cc(Br)c(O)c(Br)c1. The number of anilines is 1. The molecule has 8 heteroatoms. The van der Waals surface area contributed by atoms with Gasteiger partial charge in [0.25, 0.3) is 5.91 Å². The van der Waals surface area contributed by atoms with Crippen LogP contribution in [0.15, 0.2) is 50.4 Å². The van der Waals surface area contributed by atoms with Crippen molar-refractivity contribution in [1.82, 2.24) is 5.43 Å². The van der Waals surface area contributed by atoms with Crippen LogP contribution in [0.3, 0.4) is 0 Å². The molecule has 0 radical (unpaired) electrons. The first-order valence-corrected chi connectivity index (χ1v) is 8.03. The van der Waals surface area contributed by atoms with Crippen molar-refractivity contribution >= 4 is 49.7 Å². The average molecular weight is 445 g/mol. The standard InChI is InChI=1S/C15H12Br2FN3O2/c16-12-5-9(6-13(17)15(12)23)7-20-21-14(22)8-19-11-3-1-10(18)2-4-11/h1-7,19,23H,8H2,(H,21,22)/b20-7-. The number of rotatable bonds is 5. The van der Waals surface area contributed by atoms with E-state index in [0.717, 1.165) is 0 Å². The van der Waals surface area contributed by atoms with Crippen molar-refractivity contribution in [3.8, 4) is 5.75 Å². The van der Waals surface area contributed by atoms with Gasteiger partial charge in [-0.25, -0.2) is 9.82 Å². The minimum Gasteiger partial charge on any atom is -0.506 e. The van der Waals surface area contributed by atoms with Crippen molar-refractivity contribution in [2.75, 3.05) is 11.9 Å². The van der Waals surface area contributed by atoms with Gasteiger partial charge in [-0.05, 0) is 73.8 Å². The Labute approximate surface area is 148 Å². The van der Waals surface area contributed by atoms with Crippen LogP contribution in [0.1, 0.15) is 5.56 Å². The van der Waals surface area contributed by atoms with Gasteiger partial charge in [0.2, 0.25) is 0 Å². The van der Waals surface area contributed by atoms with Gasteiger partial charge in [0, 0.05) is 5.69 Å². The number of hydrazone groups is 1. The van der Waals surface area contributed by atoms with E-state index in [1.807, 2.05) is 0 Å². The number of halogens is 3. The molecule has 23 heavy (non-hydrogen) atoms. The topological polar surface area (TPSA) is 73.7 Å². The van der Waals surface area contributed by atoms with Gasteiger partial charge in [-0.15, -0.1) is 0 Å². The molecule has 0 heterocycles. The number of amides is 1. The van der Waals surface area contributed by atoms with Crippen LogP contribution < -0.4 is 10.7 Å². The van der Waals surface area contributed by atoms with E-state index in [1.165, 1.54) is 30.5 Å². The van der Waals surface area contributed by atoms with Crippen LogP contribution in [-0.4, -0.2) is 23.8 Å². The highest BCUT2D eigenvalue weighted by molar-refractivity contribution is 9.11. The minimum atomic E-state index is -0.345. The molecular weight excluding hydrogens is 433 g/mol. The maximum Gasteiger partial charge on any atom is 0.259 e. The summed E-state index contributed by atoms with van der Waals surface area (Å²) in [5.74, 6) is -0.590. The van der Waals surface area contributed by atoms with E-state index in [0.29, 0.717) is 20.2 Å². The predicted octanol–water partition coefficient (Wildman–Crippen LogP) is 3.62. The summed E-state index contributed by atoms with van der Waals surface area (Å²) < 4.78 is 13.8. The second-order valence-corrected chi connectivity index (χ2v) is 6.20. The average Bonchev–Trinajstić information content (AvgIpc) is 2.52. The Morgan fingerprint density at radius 3 is 2.43 bits per heavy atom. The fraction of sp³-hybridized carbons (Fsp3) is 0.0667. The highest BCUT2D eigenvalue weighted by atomic mass is 79.9. The number of nitrogens with zero attached hydrogens (tertiary/aromatic N) is 1. The van der Waals surface area contributed by atoms with Crippen molar-refractivity contribution in [3.63, 3.8) is 0 Å². The minimum absolute atomic E-state index is 0.00589. The molecule has 120 valence electrons. The predicted molar refractivity (Wildman–Crippen MR) is 94.1 cm³/mol. The normalized spacial score (nSPS) is 10.7. The van der Waals surface area contributed by atoms with Gasteiger partial charge < -0.3 is 10.4 Å². The Bertz CT molecular complexity index is 713. The number of benzene rings is 2. The molecule has 0 saturated heterocycles. The van der Waals surface area contributed by atoms with Crippen LogP contribution in [0.5, 0.6) is 5.75 Å². The van der Waals surface area contributed by atoms with Gasteiger partial charge in [-0.1, -0.05) is 0 Å². The number of hydrogen-bond acceptors (Lipinski definition) is 4. The van der Waals surface area contributed by atoms with Crippen molar-refractivity contribution in [2.45, 2.75) is 0 Å². The zero-order valence-corrected chi connectivity index (χ0v) is 14.9. The number of aromatic hydroxyl groups is 1. The number of hydrogen-bond donors (Lipinski definition) is 3. The van der Waals surface area contributed by atoms with E-state index in [-0.39, 0.29) is 24.0 Å². The van der Waals surface area contributed by atoms with Gasteiger partial charge >= 0.3 is 0 Å². The lowest BCUT2D eigenvalue weighted by atomic mass is 10.2. The Morgan fingerprint density at radius 2 is 1.83 bits per heavy atom. The van der Waals surface area contributed by atoms with Crippen LogP contribution in [0.4, 0.5) is 10.1 Å². The van der Waals surface area contributed by atoms with Gasteiger partial charge in [-0.2, -0.15) is 5.10 Å². The highest BCUT2D eigenvalue weighted by Crippen LogP contribution is 2.32. The van der Waals surface area contributed by atoms with Crippen LogP contribution in [0.2, 0.25) is 0 Å². The maximum absolute atomic E-state index is 12.7. The maximum atomic E-state index is 12.7. The summed E-state index contributed by atoms with van der Waals surface area (Å²) in [6.07, 6.45) is 1.45. The fourth-order valence-electron chi connectivity index (χ4n) is 1.63. The molecule has 0 spiro atoms. The third-order valence-corrected chi connectivity index (χ3v) is 3.95. The van der Waals surface area contributed by atoms with Crippen molar-refractivity contribution in [1.29, 1.82) is 0 Å². The third-order valence-electron chi connectivity index (χ3n) is 2.74. The van der Waals surface area contributed by atoms with E-state index in [1.54, 1.807) is 12.1 Å². The zero-order chi connectivity index (χ0) is 16.8. The Balaban J connectivity index is 1.85. The molecule has 0 aliphatic heterocycles. The van der Waals surface area contributed by atoms with E-state index in [9.17, 15) is 14.3 Å². The second-order valence-electron chi connectivity index (χ2n) is 4.49. The Morgan fingerprint density at radius 1 is 1.22 bits per heavy atom. The molecule has 2 rings (SSSR count). The van der Waals surface area contributed by atoms with Crippen LogP contribution >= 0.6 is 31.9 Å². The van der Waals surface area contributed by atoms with E-state index >= 15 is 0 Å². The molecule has 0 unspecified atom stereocenters. The number of carbonyl (C=O) groups excluding carboxylic acids is 1. The van der Waals surface area contributed by atoms with Crippen molar-refractivity contribution in [2.24, 2.45) is 5.10 Å². The molecule has 2 aromatic carbocycles. The van der Waals surface area contributed by atoms with Crippen LogP contribution in [-0.2, 0) is 4.79 Å². The molecule has 5 nitrogen and oxygen atoms in total. The van der Waals surface area contributed by atoms with E-state index in [4.69, 9.17) is 0 Å². The number of carbonyl (C=O) groups is 1. The molecule has 0 atom stereocenters. The summed E-state index contributed by atoms with van der Waals surface area (Å²) >= 11 is 6.42. The Kier molecular flexibility index (Phi) is 6.12. The summed E-state index contributed by atoms with van der Waals surface area (Å²) in [5, 5.41) is 16.3. The monoisotopic (exact) mass is 443 g/mol. The fourth-order valence-corrected chi connectivity index (χ4v) is 2.85. The molecule has 0 aliphatic rings. The first kappa shape index (κ1) is 17.4. The molecule has 0 bridgehead atoms. The molecule has 0 fully saturated rings. The van der Waals surface area contributed by atoms with Crippen molar-refractivity contribution < 1.29 is 14.3 Å². The van der Waals surface area contributed by atoms with Gasteiger partial charge in [0.15, 0.2) is 0 Å². The Hall–Kier alpha value is -1.93. The van der Waals surface area contributed by atoms with Gasteiger partial charge in [0.05, 0.1) is 21.7 Å². The molecule has 3 N–H and O–H groups in total. The summed E-state index contributed by atoms with van der Waals surface area (Å²) in [6, 6.07) is 9.01. The smallest absolute Gasteiger partial charge is 0.259 e. The molecule has 0 aromatic heterocycles. The van der Waals surface area contributed by atoms with Gasteiger partial charge in [0.1, 0.15) is 11.6 Å². The van der Waals surface area contributed by atoms with E-state index < -0.39 is 0 Å². The zero-order valence-electron chi connectivity index (χ0n) is 11.7. The van der Waals surface area contributed by atoms with Gasteiger partial charge in [-0.3, -0.25) is 4.79 Å². The number of nitrogens with one attached hydrogen (secondary N) is 2. The summed E-state index contributed by atoms with van der Waals surface area (Å²) in [4.78, 5) is 11.6. The molecular formula is C15H12Br2FN3O2. The second kappa shape index (κ2) is 8.07. The third kappa shape index (κ3) is 5.33. The lowest BCUT2D eigenvalue weighted by Crippen LogP contribution is -2.25. The van der Waals surface area contributed by atoms with Crippen molar-refractivity contribution in [3.05, 3.63) is 56.7 Å². The highest BCUT2D eigenvalue weighted by Gasteiger charge is 2.05. The molecule has 2 aromatic rings. The molecule has 0 saturated carbocycles. The van der Waals surface area contributed by atoms with E-state index in [2.05, 4.69) is 47.7 Å². The summed E-state index contributed by atoms with van der Waals surface area (Å²) in [5.41, 5.74) is 3.69. The molecule has 1 amide bonds. The lowest BCUT2D eigenvalue weighted by molar-refractivity contribution is -0.119. The largest absolute Gasteiger partial charge is 0.506 e. The summed E-state index contributed by atoms with van der Waals surface area (Å²) in [6.45, 7) is 0.00589. The quantitative estimate of drug-likeness (QED) is 0.487. The first-order valence-electron chi connectivity index (χ1n) is 6.45. The van der Waals surface area contributed by atoms with Crippen LogP contribution in [0, 0.1) is 5.82 Å². The number of phenolic OH excluding ortho intramolecular Hbond substituents is 1. The number of phenols is 1. The van der Waals surface area contributed by atoms with Crippen LogP contribution in [0.25, 0.3) is 0 Å². The first-order chi connectivity index (χ1) is 11.0. The molecule has 0 aliphatic carbocycles.